The number of aromatic carboxylic acids is 1. The number of carboxylic acid groups (broad SMARTS) is 1. The summed E-state index contributed by atoms with van der Waals surface area (Å²) in [7, 11) is 1.24. The summed E-state index contributed by atoms with van der Waals surface area (Å²) in [5.74, 6) is -1.82. The van der Waals surface area contributed by atoms with E-state index in [1.54, 1.807) is 6.07 Å². The molecule has 2 rings (SSSR count). The highest BCUT2D eigenvalue weighted by Gasteiger charge is 2.15. The number of aromatic nitrogens is 3. The minimum Gasteiger partial charge on any atom is -0.476 e. The predicted molar refractivity (Wildman–Crippen MR) is 64.1 cm³/mol. The van der Waals surface area contributed by atoms with E-state index in [9.17, 15) is 9.59 Å². The Hall–Kier alpha value is -2.90. The van der Waals surface area contributed by atoms with Gasteiger partial charge in [0.2, 0.25) is 0 Å². The van der Waals surface area contributed by atoms with Gasteiger partial charge in [0.25, 0.3) is 0 Å². The summed E-state index contributed by atoms with van der Waals surface area (Å²) < 4.78 is 5.80. The quantitative estimate of drug-likeness (QED) is 0.765. The molecule has 2 heterocycles. The number of esters is 1. The van der Waals surface area contributed by atoms with E-state index >= 15 is 0 Å². The van der Waals surface area contributed by atoms with Gasteiger partial charge in [0, 0.05) is 6.20 Å². The Balaban J connectivity index is 2.45. The van der Waals surface area contributed by atoms with E-state index in [4.69, 9.17) is 10.8 Å². The van der Waals surface area contributed by atoms with Crippen LogP contribution in [0.2, 0.25) is 0 Å². The van der Waals surface area contributed by atoms with Crippen molar-refractivity contribution in [1.82, 2.24) is 14.8 Å². The second-order valence-corrected chi connectivity index (χ2v) is 3.57. The molecule has 0 atom stereocenters. The maximum Gasteiger partial charge on any atom is 0.358 e. The first-order valence-corrected chi connectivity index (χ1v) is 5.16. The minimum atomic E-state index is -1.22. The number of hydrogen-bond acceptors (Lipinski definition) is 6. The smallest absolute Gasteiger partial charge is 0.358 e. The van der Waals surface area contributed by atoms with Crippen molar-refractivity contribution in [3.63, 3.8) is 0 Å². The molecule has 0 saturated carbocycles. The van der Waals surface area contributed by atoms with Gasteiger partial charge >= 0.3 is 11.9 Å². The Kier molecular flexibility index (Phi) is 3.15. The molecule has 0 aliphatic carbocycles. The third-order valence-corrected chi connectivity index (χ3v) is 2.35. The lowest BCUT2D eigenvalue weighted by molar-refractivity contribution is 0.0593. The van der Waals surface area contributed by atoms with Gasteiger partial charge in [-0.1, -0.05) is 0 Å². The number of hydrogen-bond donors (Lipinski definition) is 2. The third kappa shape index (κ3) is 2.37. The highest BCUT2D eigenvalue weighted by Crippen LogP contribution is 2.14. The summed E-state index contributed by atoms with van der Waals surface area (Å²) in [4.78, 5) is 26.0. The fraction of sp³-hybridized carbons (Fsp3) is 0.0909. The standard InChI is InChI=1S/C11H10N4O4/c1-19-11(18)8-4-6(2-3-13-8)15-5-7(12)9(14-15)10(16)17/h2-5H,12H2,1H3,(H,16,17). The Bertz CT molecular complexity index is 650. The topological polar surface area (TPSA) is 120 Å². The van der Waals surface area contributed by atoms with Crippen LogP contribution in [0, 0.1) is 0 Å². The molecular formula is C11H10N4O4. The lowest BCUT2D eigenvalue weighted by atomic mass is 10.3. The minimum absolute atomic E-state index is 0.0314. The van der Waals surface area contributed by atoms with Gasteiger partial charge in [-0.25, -0.2) is 19.3 Å². The fourth-order valence-electron chi connectivity index (χ4n) is 1.46. The summed E-state index contributed by atoms with van der Waals surface area (Å²) in [6, 6.07) is 2.98. The summed E-state index contributed by atoms with van der Waals surface area (Å²) >= 11 is 0. The van der Waals surface area contributed by atoms with Crippen molar-refractivity contribution in [1.29, 1.82) is 0 Å². The zero-order chi connectivity index (χ0) is 14.0. The third-order valence-electron chi connectivity index (χ3n) is 2.35. The van der Waals surface area contributed by atoms with Crippen LogP contribution in [0.25, 0.3) is 5.69 Å². The number of rotatable bonds is 3. The number of carboxylic acids is 1. The number of ether oxygens (including phenoxy) is 1. The Labute approximate surface area is 107 Å². The Morgan fingerprint density at radius 3 is 2.79 bits per heavy atom. The highest BCUT2D eigenvalue weighted by molar-refractivity contribution is 5.91. The molecule has 3 N–H and O–H groups in total. The summed E-state index contributed by atoms with van der Waals surface area (Å²) in [6.07, 6.45) is 2.74. The highest BCUT2D eigenvalue weighted by atomic mass is 16.5. The Morgan fingerprint density at radius 1 is 1.47 bits per heavy atom. The van der Waals surface area contributed by atoms with Gasteiger partial charge in [-0.2, -0.15) is 5.10 Å². The second kappa shape index (κ2) is 4.77. The monoisotopic (exact) mass is 262 g/mol. The number of methoxy groups -OCH3 is 1. The first-order chi connectivity index (χ1) is 9.02. The van der Waals surface area contributed by atoms with E-state index in [-0.39, 0.29) is 17.1 Å². The number of carbonyl (C=O) groups excluding carboxylic acids is 1. The number of nitrogen functional groups attached to an aromatic ring is 1. The maximum atomic E-state index is 11.3. The Morgan fingerprint density at radius 2 is 2.21 bits per heavy atom. The van der Waals surface area contributed by atoms with Crippen molar-refractivity contribution in [3.05, 3.63) is 35.9 Å². The van der Waals surface area contributed by atoms with Crippen molar-refractivity contribution in [3.8, 4) is 5.69 Å². The summed E-state index contributed by atoms with van der Waals surface area (Å²) in [6.45, 7) is 0. The first kappa shape index (κ1) is 12.6. The molecule has 2 aromatic heterocycles. The second-order valence-electron chi connectivity index (χ2n) is 3.57. The van der Waals surface area contributed by atoms with Gasteiger partial charge in [0.1, 0.15) is 5.69 Å². The molecule has 98 valence electrons. The molecule has 8 heteroatoms. The molecule has 8 nitrogen and oxygen atoms in total. The van der Waals surface area contributed by atoms with Crippen LogP contribution in [0.3, 0.4) is 0 Å². The van der Waals surface area contributed by atoms with Crippen molar-refractivity contribution < 1.29 is 19.4 Å². The summed E-state index contributed by atoms with van der Waals surface area (Å²) in [5.41, 5.74) is 5.85. The van der Waals surface area contributed by atoms with E-state index < -0.39 is 11.9 Å². The normalized spacial score (nSPS) is 10.2. The van der Waals surface area contributed by atoms with Crippen LogP contribution in [-0.2, 0) is 4.74 Å². The van der Waals surface area contributed by atoms with Crippen LogP contribution in [0.4, 0.5) is 5.69 Å². The van der Waals surface area contributed by atoms with Gasteiger partial charge in [-0.05, 0) is 12.1 Å². The number of nitrogens with zero attached hydrogens (tertiary/aromatic N) is 3. The van der Waals surface area contributed by atoms with E-state index in [0.29, 0.717) is 5.69 Å². The fourth-order valence-corrected chi connectivity index (χ4v) is 1.46. The van der Waals surface area contributed by atoms with Gasteiger partial charge < -0.3 is 15.6 Å². The van der Waals surface area contributed by atoms with Crippen molar-refractivity contribution in [2.75, 3.05) is 12.8 Å². The van der Waals surface area contributed by atoms with Crippen LogP contribution < -0.4 is 5.73 Å². The van der Waals surface area contributed by atoms with Crippen LogP contribution in [0.1, 0.15) is 21.0 Å². The molecule has 0 aliphatic rings. The first-order valence-electron chi connectivity index (χ1n) is 5.16. The zero-order valence-electron chi connectivity index (χ0n) is 9.90. The van der Waals surface area contributed by atoms with Crippen LogP contribution >= 0.6 is 0 Å². The van der Waals surface area contributed by atoms with E-state index in [2.05, 4.69) is 14.8 Å². The largest absolute Gasteiger partial charge is 0.476 e. The lowest BCUT2D eigenvalue weighted by Gasteiger charge is -2.02. The summed E-state index contributed by atoms with van der Waals surface area (Å²) in [5, 5.41) is 12.7. The number of nitrogens with two attached hydrogens (primary N) is 1. The van der Waals surface area contributed by atoms with Gasteiger partial charge in [-0.3, -0.25) is 0 Å². The van der Waals surface area contributed by atoms with Crippen molar-refractivity contribution in [2.24, 2.45) is 0 Å². The van der Waals surface area contributed by atoms with Gasteiger partial charge in [0.15, 0.2) is 5.69 Å². The molecule has 2 aromatic rings. The predicted octanol–water partition coefficient (Wildman–Crippen LogP) is 0.334. The SMILES string of the molecule is COC(=O)c1cc(-n2cc(N)c(C(=O)O)n2)ccn1. The van der Waals surface area contributed by atoms with E-state index in [0.717, 1.165) is 0 Å². The van der Waals surface area contributed by atoms with Crippen LogP contribution in [-0.4, -0.2) is 38.9 Å². The van der Waals surface area contributed by atoms with Crippen LogP contribution in [0.15, 0.2) is 24.5 Å². The van der Waals surface area contributed by atoms with Crippen molar-refractivity contribution >= 4 is 17.6 Å². The van der Waals surface area contributed by atoms with Crippen molar-refractivity contribution in [2.45, 2.75) is 0 Å². The molecule has 0 aliphatic heterocycles. The van der Waals surface area contributed by atoms with Crippen LogP contribution in [0.5, 0.6) is 0 Å². The molecule has 0 bridgehead atoms. The van der Waals surface area contributed by atoms with Gasteiger partial charge in [0.05, 0.1) is 24.7 Å². The molecule has 0 radical (unpaired) electrons. The molecule has 0 fully saturated rings. The van der Waals surface area contributed by atoms with E-state index in [1.165, 1.54) is 30.3 Å². The van der Waals surface area contributed by atoms with Gasteiger partial charge in [-0.15, -0.1) is 0 Å². The molecular weight excluding hydrogens is 252 g/mol. The number of carbonyl (C=O) groups is 2. The molecule has 19 heavy (non-hydrogen) atoms. The molecule has 0 unspecified atom stereocenters. The average Bonchev–Trinajstić information content (AvgIpc) is 2.80. The number of anilines is 1. The maximum absolute atomic E-state index is 11.3. The average molecular weight is 262 g/mol. The number of pyridine rings is 1. The molecule has 0 amide bonds. The molecule has 0 aromatic carbocycles. The molecule has 0 spiro atoms. The zero-order valence-corrected chi connectivity index (χ0v) is 9.90. The van der Waals surface area contributed by atoms with E-state index in [1.807, 2.05) is 0 Å². The molecule has 0 saturated heterocycles. The lowest BCUT2D eigenvalue weighted by Crippen LogP contribution is -2.06.